The van der Waals surface area contributed by atoms with Gasteiger partial charge in [0.2, 0.25) is 5.91 Å². The lowest BCUT2D eigenvalue weighted by Crippen LogP contribution is -2.52. The van der Waals surface area contributed by atoms with E-state index in [1.165, 1.54) is 6.07 Å². The second-order valence-electron chi connectivity index (χ2n) is 17.0. The first-order valence-corrected chi connectivity index (χ1v) is 21.0. The maximum absolute atomic E-state index is 15.5. The van der Waals surface area contributed by atoms with Gasteiger partial charge in [0.1, 0.15) is 17.9 Å². The van der Waals surface area contributed by atoms with Crippen LogP contribution in [-0.2, 0) is 4.79 Å². The molecular formula is C44H48ClFN8O4. The third-order valence-electron chi connectivity index (χ3n) is 13.6. The Morgan fingerprint density at radius 2 is 1.59 bits per heavy atom. The lowest BCUT2D eigenvalue weighted by atomic mass is 9.76. The van der Waals surface area contributed by atoms with Gasteiger partial charge in [-0.05, 0) is 105 Å². The molecule has 12 nitrogen and oxygen atoms in total. The Labute approximate surface area is 343 Å². The van der Waals surface area contributed by atoms with Crippen molar-refractivity contribution < 1.29 is 23.6 Å². The number of nitrogens with zero attached hydrogens (tertiary/aromatic N) is 7. The van der Waals surface area contributed by atoms with Gasteiger partial charge in [0.15, 0.2) is 0 Å². The molecule has 302 valence electrons. The van der Waals surface area contributed by atoms with Crippen LogP contribution in [0.2, 0.25) is 5.02 Å². The quantitative estimate of drug-likeness (QED) is 0.337. The van der Waals surface area contributed by atoms with Gasteiger partial charge in [-0.2, -0.15) is 5.26 Å². The van der Waals surface area contributed by atoms with Gasteiger partial charge in [-0.15, -0.1) is 0 Å². The number of rotatable bonds is 6. The summed E-state index contributed by atoms with van der Waals surface area (Å²) in [6.45, 7) is 9.42. The lowest BCUT2D eigenvalue weighted by Gasteiger charge is -2.40. The van der Waals surface area contributed by atoms with E-state index in [0.29, 0.717) is 80.8 Å². The van der Waals surface area contributed by atoms with Crippen LogP contribution in [-0.4, -0.2) is 122 Å². The van der Waals surface area contributed by atoms with Crippen molar-refractivity contribution in [3.05, 3.63) is 87.7 Å². The van der Waals surface area contributed by atoms with E-state index in [2.05, 4.69) is 45.1 Å². The molecular weight excluding hydrogens is 759 g/mol. The minimum absolute atomic E-state index is 0.00739. The molecule has 3 atom stereocenters. The zero-order chi connectivity index (χ0) is 40.3. The maximum Gasteiger partial charge on any atom is 0.262 e. The molecule has 1 N–H and O–H groups in total. The molecule has 9 rings (SSSR count). The van der Waals surface area contributed by atoms with Crippen LogP contribution in [0, 0.1) is 22.6 Å². The molecule has 0 saturated carbocycles. The van der Waals surface area contributed by atoms with E-state index in [4.69, 9.17) is 11.6 Å². The molecule has 1 spiro atoms. The Bertz CT molecular complexity index is 2200. The van der Waals surface area contributed by atoms with Crippen molar-refractivity contribution in [1.29, 1.82) is 5.26 Å². The van der Waals surface area contributed by atoms with Crippen LogP contribution in [0.4, 0.5) is 21.5 Å². The first-order valence-electron chi connectivity index (χ1n) is 20.6. The number of anilines is 3. The first-order chi connectivity index (χ1) is 28.0. The smallest absolute Gasteiger partial charge is 0.262 e. The Kier molecular flexibility index (Phi) is 10.0. The van der Waals surface area contributed by atoms with Crippen molar-refractivity contribution in [3.8, 4) is 6.07 Å². The van der Waals surface area contributed by atoms with E-state index in [0.717, 1.165) is 67.7 Å². The molecule has 0 radical (unpaired) electrons. The summed E-state index contributed by atoms with van der Waals surface area (Å²) >= 11 is 6.38. The summed E-state index contributed by atoms with van der Waals surface area (Å²) < 4.78 is 15.5. The highest BCUT2D eigenvalue weighted by atomic mass is 35.5. The van der Waals surface area contributed by atoms with Crippen molar-refractivity contribution >= 4 is 52.3 Å². The summed E-state index contributed by atoms with van der Waals surface area (Å²) in [7, 11) is 0. The van der Waals surface area contributed by atoms with Crippen molar-refractivity contribution in [2.24, 2.45) is 5.41 Å². The predicted octanol–water partition coefficient (Wildman–Crippen LogP) is 5.15. The Hall–Kier alpha value is -5.19. The van der Waals surface area contributed by atoms with Gasteiger partial charge in [0, 0.05) is 94.5 Å². The summed E-state index contributed by atoms with van der Waals surface area (Å²) in [5.41, 5.74) is 4.07. The van der Waals surface area contributed by atoms with Crippen molar-refractivity contribution in [1.82, 2.24) is 20.0 Å². The Balaban J connectivity index is 0.764. The van der Waals surface area contributed by atoms with E-state index < -0.39 is 23.7 Å². The molecule has 1 unspecified atom stereocenters. The second kappa shape index (κ2) is 15.2. The minimum atomic E-state index is -0.875. The van der Waals surface area contributed by atoms with Crippen LogP contribution in [0.25, 0.3) is 0 Å². The van der Waals surface area contributed by atoms with Gasteiger partial charge in [-0.1, -0.05) is 11.6 Å². The molecule has 6 heterocycles. The Morgan fingerprint density at radius 1 is 0.879 bits per heavy atom. The number of likely N-dealkylation sites (tertiary alicyclic amines) is 1. The van der Waals surface area contributed by atoms with Crippen molar-refractivity contribution in [2.75, 3.05) is 80.1 Å². The second-order valence-corrected chi connectivity index (χ2v) is 17.4. The largest absolute Gasteiger partial charge is 0.371 e. The highest BCUT2D eigenvalue weighted by molar-refractivity contribution is 6.32. The number of hydrogen-bond acceptors (Lipinski definition) is 9. The average Bonchev–Trinajstić information content (AvgIpc) is 3.92. The number of hydrogen-bond donors (Lipinski definition) is 1. The molecule has 3 aromatic carbocycles. The molecule has 6 aliphatic rings. The van der Waals surface area contributed by atoms with Gasteiger partial charge in [0.05, 0.1) is 27.4 Å². The van der Waals surface area contributed by atoms with Crippen LogP contribution in [0.15, 0.2) is 54.6 Å². The first kappa shape index (κ1) is 38.3. The minimum Gasteiger partial charge on any atom is -0.371 e. The topological polar surface area (TPSA) is 124 Å². The summed E-state index contributed by atoms with van der Waals surface area (Å²) in [5, 5.41) is 12.5. The SMILES string of the molecule is C[C@H]1CC2(CCN(c3ccc(C(=O)N4CC[C@@H](N5CCN(c6cc7c(cc6F)C(=O)N(C6CCCNC6=O)C7=O)CC5)C4)cc3)CC2)CN1c1ccc(C#N)c(Cl)c1. The number of carbonyl (C=O) groups is 4. The van der Waals surface area contributed by atoms with E-state index in [1.807, 2.05) is 40.1 Å². The highest BCUT2D eigenvalue weighted by Crippen LogP contribution is 2.46. The number of benzene rings is 3. The van der Waals surface area contributed by atoms with Crippen LogP contribution in [0.1, 0.15) is 82.1 Å². The monoisotopic (exact) mass is 806 g/mol. The molecule has 5 saturated heterocycles. The van der Waals surface area contributed by atoms with Gasteiger partial charge >= 0.3 is 0 Å². The zero-order valence-electron chi connectivity index (χ0n) is 32.8. The predicted molar refractivity (Wildman–Crippen MR) is 219 cm³/mol. The summed E-state index contributed by atoms with van der Waals surface area (Å²) in [6.07, 6.45) is 5.22. The van der Waals surface area contributed by atoms with E-state index in [9.17, 15) is 24.4 Å². The number of halogens is 2. The normalized spacial score (nSPS) is 24.8. The molecule has 58 heavy (non-hydrogen) atoms. The fourth-order valence-corrected chi connectivity index (χ4v) is 10.6. The summed E-state index contributed by atoms with van der Waals surface area (Å²) in [6, 6.07) is 18.3. The molecule has 0 aliphatic carbocycles. The lowest BCUT2D eigenvalue weighted by molar-refractivity contribution is -0.126. The van der Waals surface area contributed by atoms with Gasteiger partial charge in [-0.3, -0.25) is 29.0 Å². The van der Waals surface area contributed by atoms with Gasteiger partial charge in [0.25, 0.3) is 17.7 Å². The molecule has 14 heteroatoms. The fraction of sp³-hybridized carbons (Fsp3) is 0.477. The zero-order valence-corrected chi connectivity index (χ0v) is 33.5. The van der Waals surface area contributed by atoms with Gasteiger partial charge < -0.3 is 24.9 Å². The number of piperidine rings is 2. The number of nitriles is 1. The average molecular weight is 807 g/mol. The van der Waals surface area contributed by atoms with Crippen LogP contribution in [0.5, 0.6) is 0 Å². The number of carbonyl (C=O) groups excluding carboxylic acids is 4. The Morgan fingerprint density at radius 3 is 2.28 bits per heavy atom. The third-order valence-corrected chi connectivity index (χ3v) is 14.0. The number of nitrogens with one attached hydrogen (secondary N) is 1. The van der Waals surface area contributed by atoms with Crippen LogP contribution < -0.4 is 20.0 Å². The molecule has 6 aliphatic heterocycles. The highest BCUT2D eigenvalue weighted by Gasteiger charge is 2.46. The van der Waals surface area contributed by atoms with E-state index >= 15 is 4.39 Å². The number of fused-ring (bicyclic) bond motifs is 1. The van der Waals surface area contributed by atoms with Crippen molar-refractivity contribution in [2.45, 2.75) is 63.6 Å². The van der Waals surface area contributed by atoms with Crippen molar-refractivity contribution in [3.63, 3.8) is 0 Å². The third kappa shape index (κ3) is 6.83. The number of imide groups is 1. The number of piperazine rings is 1. The summed E-state index contributed by atoms with van der Waals surface area (Å²) in [4.78, 5) is 64.7. The van der Waals surface area contributed by atoms with Crippen LogP contribution in [0.3, 0.4) is 0 Å². The molecule has 3 aromatic rings. The van der Waals surface area contributed by atoms with Gasteiger partial charge in [-0.25, -0.2) is 4.39 Å². The molecule has 5 fully saturated rings. The maximum atomic E-state index is 15.5. The summed E-state index contributed by atoms with van der Waals surface area (Å²) in [5.74, 6) is -2.05. The fourth-order valence-electron chi connectivity index (χ4n) is 10.4. The molecule has 0 aromatic heterocycles. The van der Waals surface area contributed by atoms with Crippen LogP contribution >= 0.6 is 11.6 Å². The van der Waals surface area contributed by atoms with E-state index in [1.54, 1.807) is 0 Å². The number of amides is 4. The van der Waals surface area contributed by atoms with E-state index in [-0.39, 0.29) is 40.1 Å². The molecule has 4 amide bonds. The standard InChI is InChI=1S/C44H48ClFN8O4/c1-28-24-44(27-53(28)32-9-6-30(25-47)36(45)21-32)11-15-49(16-12-44)31-7-4-29(5-8-31)41(56)52-14-10-33(26-52)50-17-19-51(20-18-50)39-23-35-34(22-37(39)46)42(57)54(43(35)58)38-3-2-13-48-40(38)55/h4-9,21-23,28,33,38H,2-3,10-20,24,26-27H2,1H3,(H,48,55)/t28-,33+,38?/m0/s1. The molecule has 0 bridgehead atoms.